The van der Waals surface area contributed by atoms with Gasteiger partial charge in [-0.3, -0.25) is 4.79 Å². The lowest BCUT2D eigenvalue weighted by Gasteiger charge is -2.14. The zero-order chi connectivity index (χ0) is 15.8. The molecule has 0 aliphatic rings. The maximum Gasteiger partial charge on any atom is 0.340 e. The number of nitrogens with zero attached hydrogens (tertiary/aromatic N) is 1. The molecular weight excluding hydrogens is 290 g/mol. The second-order valence-corrected chi connectivity index (χ2v) is 5.87. The zero-order valence-corrected chi connectivity index (χ0v) is 13.3. The third-order valence-corrected chi connectivity index (χ3v) is 4.23. The SMILES string of the molecule is CCCC(CCN)CCC(=O)Nc1snc(C)c1C(=O)O. The van der Waals surface area contributed by atoms with Gasteiger partial charge in [0.25, 0.3) is 0 Å². The van der Waals surface area contributed by atoms with Crippen LogP contribution in [0.3, 0.4) is 0 Å². The maximum absolute atomic E-state index is 12.0. The molecule has 0 aromatic carbocycles. The number of hydrogen-bond acceptors (Lipinski definition) is 5. The van der Waals surface area contributed by atoms with E-state index >= 15 is 0 Å². The Morgan fingerprint density at radius 2 is 2.10 bits per heavy atom. The van der Waals surface area contributed by atoms with Crippen molar-refractivity contribution >= 4 is 28.4 Å². The molecule has 1 rings (SSSR count). The summed E-state index contributed by atoms with van der Waals surface area (Å²) < 4.78 is 3.97. The number of aromatic carboxylic acids is 1. The van der Waals surface area contributed by atoms with Crippen molar-refractivity contribution in [2.45, 2.75) is 46.0 Å². The smallest absolute Gasteiger partial charge is 0.340 e. The van der Waals surface area contributed by atoms with Gasteiger partial charge in [-0.25, -0.2) is 4.79 Å². The normalized spacial score (nSPS) is 12.1. The van der Waals surface area contributed by atoms with Crippen molar-refractivity contribution in [3.05, 3.63) is 11.3 Å². The van der Waals surface area contributed by atoms with Crippen LogP contribution in [0, 0.1) is 12.8 Å². The lowest BCUT2D eigenvalue weighted by Crippen LogP contribution is -2.16. The van der Waals surface area contributed by atoms with Crippen LogP contribution in [0.15, 0.2) is 0 Å². The third-order valence-electron chi connectivity index (χ3n) is 3.38. The average Bonchev–Trinajstić information content (AvgIpc) is 2.77. The second kappa shape index (κ2) is 8.74. The highest BCUT2D eigenvalue weighted by molar-refractivity contribution is 7.11. The average molecular weight is 313 g/mol. The van der Waals surface area contributed by atoms with Gasteiger partial charge in [0.15, 0.2) is 0 Å². The van der Waals surface area contributed by atoms with Crippen LogP contribution in [0.5, 0.6) is 0 Å². The van der Waals surface area contributed by atoms with Gasteiger partial charge in [-0.05, 0) is 43.8 Å². The number of amides is 1. The Morgan fingerprint density at radius 1 is 1.38 bits per heavy atom. The fraction of sp³-hybridized carbons (Fsp3) is 0.643. The highest BCUT2D eigenvalue weighted by Crippen LogP contribution is 2.25. The molecule has 118 valence electrons. The van der Waals surface area contributed by atoms with E-state index in [1.54, 1.807) is 6.92 Å². The number of rotatable bonds is 9. The molecule has 1 aromatic rings. The van der Waals surface area contributed by atoms with E-state index in [0.717, 1.165) is 37.2 Å². The maximum atomic E-state index is 12.0. The quantitative estimate of drug-likeness (QED) is 0.650. The number of carbonyl (C=O) groups is 2. The molecule has 6 nitrogen and oxygen atoms in total. The number of anilines is 1. The number of aromatic nitrogens is 1. The summed E-state index contributed by atoms with van der Waals surface area (Å²) in [6.07, 6.45) is 4.20. The van der Waals surface area contributed by atoms with Crippen molar-refractivity contribution in [3.8, 4) is 0 Å². The van der Waals surface area contributed by atoms with Crippen LogP contribution in [-0.4, -0.2) is 27.9 Å². The molecule has 7 heteroatoms. The number of nitrogens with two attached hydrogens (primary N) is 1. The summed E-state index contributed by atoms with van der Waals surface area (Å²) in [4.78, 5) is 23.1. The van der Waals surface area contributed by atoms with Crippen molar-refractivity contribution in [1.29, 1.82) is 0 Å². The number of carbonyl (C=O) groups excluding carboxylic acids is 1. The molecule has 0 saturated heterocycles. The summed E-state index contributed by atoms with van der Waals surface area (Å²) in [6, 6.07) is 0. The highest BCUT2D eigenvalue weighted by Gasteiger charge is 2.19. The molecule has 21 heavy (non-hydrogen) atoms. The Balaban J connectivity index is 2.56. The van der Waals surface area contributed by atoms with Crippen LogP contribution >= 0.6 is 11.5 Å². The van der Waals surface area contributed by atoms with E-state index in [4.69, 9.17) is 10.8 Å². The number of hydrogen-bond donors (Lipinski definition) is 3. The Bertz CT molecular complexity index is 482. The summed E-state index contributed by atoms with van der Waals surface area (Å²) >= 11 is 1.00. The van der Waals surface area contributed by atoms with Gasteiger partial charge < -0.3 is 16.2 Å². The Kier molecular flexibility index (Phi) is 7.31. The third kappa shape index (κ3) is 5.43. The summed E-state index contributed by atoms with van der Waals surface area (Å²) in [7, 11) is 0. The van der Waals surface area contributed by atoms with Gasteiger partial charge in [0.05, 0.1) is 5.69 Å². The molecule has 0 bridgehead atoms. The molecule has 1 amide bonds. The molecule has 0 spiro atoms. The van der Waals surface area contributed by atoms with E-state index < -0.39 is 5.97 Å². The zero-order valence-electron chi connectivity index (χ0n) is 12.5. The molecule has 1 aromatic heterocycles. The molecule has 0 radical (unpaired) electrons. The Hall–Kier alpha value is -1.47. The summed E-state index contributed by atoms with van der Waals surface area (Å²) in [5.41, 5.74) is 6.08. The Morgan fingerprint density at radius 3 is 2.67 bits per heavy atom. The van der Waals surface area contributed by atoms with E-state index in [1.165, 1.54) is 0 Å². The highest BCUT2D eigenvalue weighted by atomic mass is 32.1. The number of nitrogens with one attached hydrogen (secondary N) is 1. The summed E-state index contributed by atoms with van der Waals surface area (Å²) in [5.74, 6) is -0.782. The van der Waals surface area contributed by atoms with Crippen molar-refractivity contribution in [2.24, 2.45) is 11.7 Å². The lowest BCUT2D eigenvalue weighted by atomic mass is 9.94. The minimum Gasteiger partial charge on any atom is -0.478 e. The minimum absolute atomic E-state index is 0.0837. The first-order valence-electron chi connectivity index (χ1n) is 7.19. The van der Waals surface area contributed by atoms with Crippen LogP contribution in [0.4, 0.5) is 5.00 Å². The first-order chi connectivity index (χ1) is 9.99. The predicted molar refractivity (Wildman–Crippen MR) is 83.7 cm³/mol. The van der Waals surface area contributed by atoms with E-state index in [-0.39, 0.29) is 11.5 Å². The number of aryl methyl sites for hydroxylation is 1. The minimum atomic E-state index is -1.07. The van der Waals surface area contributed by atoms with E-state index in [9.17, 15) is 9.59 Å². The molecule has 0 aliphatic heterocycles. The van der Waals surface area contributed by atoms with Crippen molar-refractivity contribution < 1.29 is 14.7 Å². The summed E-state index contributed by atoms with van der Waals surface area (Å²) in [6.45, 7) is 4.36. The fourth-order valence-corrected chi connectivity index (χ4v) is 3.11. The van der Waals surface area contributed by atoms with Gasteiger partial charge in [-0.15, -0.1) is 0 Å². The van der Waals surface area contributed by atoms with Gasteiger partial charge in [0, 0.05) is 6.42 Å². The summed E-state index contributed by atoms with van der Waals surface area (Å²) in [5, 5.41) is 12.1. The van der Waals surface area contributed by atoms with E-state index in [1.807, 2.05) is 0 Å². The van der Waals surface area contributed by atoms with Gasteiger partial charge in [0.2, 0.25) is 5.91 Å². The fourth-order valence-electron chi connectivity index (χ4n) is 2.31. The van der Waals surface area contributed by atoms with E-state index in [0.29, 0.717) is 29.6 Å². The Labute approximate surface area is 128 Å². The molecule has 4 N–H and O–H groups in total. The van der Waals surface area contributed by atoms with Gasteiger partial charge >= 0.3 is 5.97 Å². The molecule has 0 fully saturated rings. The lowest BCUT2D eigenvalue weighted by molar-refractivity contribution is -0.116. The van der Waals surface area contributed by atoms with Crippen LogP contribution in [0.1, 0.15) is 55.1 Å². The largest absolute Gasteiger partial charge is 0.478 e. The molecule has 0 saturated carbocycles. The predicted octanol–water partition coefficient (Wildman–Crippen LogP) is 2.63. The number of carboxylic acids is 1. The molecular formula is C14H23N3O3S. The second-order valence-electron chi connectivity index (χ2n) is 5.10. The standard InChI is InChI=1S/C14H23N3O3S/c1-3-4-10(7-8-15)5-6-11(18)16-13-12(14(19)20)9(2)17-21-13/h10H,3-8,15H2,1-2H3,(H,16,18)(H,19,20). The molecule has 1 atom stereocenters. The van der Waals surface area contributed by atoms with Gasteiger partial charge in [-0.1, -0.05) is 19.8 Å². The topological polar surface area (TPSA) is 105 Å². The number of carboxylic acid groups (broad SMARTS) is 1. The first-order valence-corrected chi connectivity index (χ1v) is 7.96. The van der Waals surface area contributed by atoms with Crippen molar-refractivity contribution in [3.63, 3.8) is 0 Å². The monoisotopic (exact) mass is 313 g/mol. The van der Waals surface area contributed by atoms with Crippen LogP contribution in [0.2, 0.25) is 0 Å². The van der Waals surface area contributed by atoms with Crippen molar-refractivity contribution in [1.82, 2.24) is 4.37 Å². The van der Waals surface area contributed by atoms with Crippen molar-refractivity contribution in [2.75, 3.05) is 11.9 Å². The molecule has 1 unspecified atom stereocenters. The molecule has 0 aliphatic carbocycles. The van der Waals surface area contributed by atoms with Crippen LogP contribution < -0.4 is 11.1 Å². The van der Waals surface area contributed by atoms with Crippen LogP contribution in [-0.2, 0) is 4.79 Å². The van der Waals surface area contributed by atoms with Gasteiger partial charge in [0.1, 0.15) is 10.6 Å². The van der Waals surface area contributed by atoms with Gasteiger partial charge in [-0.2, -0.15) is 4.37 Å². The van der Waals surface area contributed by atoms with E-state index in [2.05, 4.69) is 16.6 Å². The molecule has 1 heterocycles. The van der Waals surface area contributed by atoms with Crippen LogP contribution in [0.25, 0.3) is 0 Å². The first kappa shape index (κ1) is 17.6.